The highest BCUT2D eigenvalue weighted by molar-refractivity contribution is 5.83. The van der Waals surface area contributed by atoms with Crippen molar-refractivity contribution in [2.75, 3.05) is 26.9 Å². The van der Waals surface area contributed by atoms with Gasteiger partial charge < -0.3 is 19.8 Å². The molecule has 3 aromatic rings. The Morgan fingerprint density at radius 3 is 2.68 bits per heavy atom. The van der Waals surface area contributed by atoms with Crippen LogP contribution in [0.15, 0.2) is 48.7 Å². The number of hydrogen-bond donors (Lipinski definition) is 2. The zero-order chi connectivity index (χ0) is 17.5. The average Bonchev–Trinajstić information content (AvgIpc) is 3.02. The Morgan fingerprint density at radius 1 is 1.04 bits per heavy atom. The van der Waals surface area contributed by atoms with Gasteiger partial charge in [-0.1, -0.05) is 24.3 Å². The summed E-state index contributed by atoms with van der Waals surface area (Å²) in [6.45, 7) is 5.12. The van der Waals surface area contributed by atoms with Crippen molar-refractivity contribution in [1.82, 2.24) is 10.3 Å². The molecular formula is C21H26N2O2. The minimum atomic E-state index is 0.582. The average molecular weight is 338 g/mol. The SMILES string of the molecule is COCCOc1ccc(CNCCc2c[nH]c3cc(C)ccc23)cc1. The maximum absolute atomic E-state index is 5.58. The highest BCUT2D eigenvalue weighted by Crippen LogP contribution is 2.19. The van der Waals surface area contributed by atoms with Crippen molar-refractivity contribution in [3.8, 4) is 5.75 Å². The molecule has 2 N–H and O–H groups in total. The maximum atomic E-state index is 5.58. The van der Waals surface area contributed by atoms with Crippen LogP contribution in [0.5, 0.6) is 5.75 Å². The summed E-state index contributed by atoms with van der Waals surface area (Å²) in [5.74, 6) is 0.884. The van der Waals surface area contributed by atoms with E-state index in [1.54, 1.807) is 7.11 Å². The number of methoxy groups -OCH3 is 1. The second kappa shape index (κ2) is 8.70. The molecule has 1 heterocycles. The van der Waals surface area contributed by atoms with E-state index in [0.29, 0.717) is 13.2 Å². The smallest absolute Gasteiger partial charge is 0.119 e. The van der Waals surface area contributed by atoms with E-state index in [9.17, 15) is 0 Å². The third-order valence-electron chi connectivity index (χ3n) is 4.30. The molecule has 0 spiro atoms. The molecule has 0 atom stereocenters. The van der Waals surface area contributed by atoms with Crippen LogP contribution in [-0.4, -0.2) is 31.9 Å². The van der Waals surface area contributed by atoms with E-state index in [-0.39, 0.29) is 0 Å². The Labute approximate surface area is 149 Å². The van der Waals surface area contributed by atoms with Crippen molar-refractivity contribution in [1.29, 1.82) is 0 Å². The molecule has 0 aliphatic rings. The molecule has 0 unspecified atom stereocenters. The molecule has 0 aliphatic carbocycles. The largest absolute Gasteiger partial charge is 0.491 e. The highest BCUT2D eigenvalue weighted by atomic mass is 16.5. The van der Waals surface area contributed by atoms with Crippen LogP contribution in [0.1, 0.15) is 16.7 Å². The number of hydrogen-bond acceptors (Lipinski definition) is 3. The number of ether oxygens (including phenoxy) is 2. The second-order valence-electron chi connectivity index (χ2n) is 6.27. The van der Waals surface area contributed by atoms with Crippen molar-refractivity contribution in [2.24, 2.45) is 0 Å². The van der Waals surface area contributed by atoms with Gasteiger partial charge in [-0.15, -0.1) is 0 Å². The van der Waals surface area contributed by atoms with E-state index in [1.165, 1.54) is 27.6 Å². The molecule has 4 nitrogen and oxygen atoms in total. The summed E-state index contributed by atoms with van der Waals surface area (Å²) >= 11 is 0. The molecule has 25 heavy (non-hydrogen) atoms. The third-order valence-corrected chi connectivity index (χ3v) is 4.30. The van der Waals surface area contributed by atoms with Crippen LogP contribution in [0.25, 0.3) is 10.9 Å². The number of benzene rings is 2. The molecule has 0 bridgehead atoms. The minimum Gasteiger partial charge on any atom is -0.491 e. The molecule has 0 fully saturated rings. The highest BCUT2D eigenvalue weighted by Gasteiger charge is 2.03. The zero-order valence-corrected chi connectivity index (χ0v) is 15.0. The molecule has 0 aliphatic heterocycles. The Kier molecular flexibility index (Phi) is 6.09. The number of fused-ring (bicyclic) bond motifs is 1. The van der Waals surface area contributed by atoms with Crippen molar-refractivity contribution < 1.29 is 9.47 Å². The first-order valence-electron chi connectivity index (χ1n) is 8.74. The number of nitrogens with one attached hydrogen (secondary N) is 2. The van der Waals surface area contributed by atoms with Gasteiger partial charge in [-0.2, -0.15) is 0 Å². The Hall–Kier alpha value is -2.30. The van der Waals surface area contributed by atoms with Crippen LogP contribution >= 0.6 is 0 Å². The van der Waals surface area contributed by atoms with Gasteiger partial charge >= 0.3 is 0 Å². The lowest BCUT2D eigenvalue weighted by Crippen LogP contribution is -2.16. The van der Waals surface area contributed by atoms with Crippen molar-refractivity contribution in [2.45, 2.75) is 19.9 Å². The molecule has 0 radical (unpaired) electrons. The van der Waals surface area contributed by atoms with E-state index in [1.807, 2.05) is 12.1 Å². The van der Waals surface area contributed by atoms with Gasteiger partial charge in [-0.25, -0.2) is 0 Å². The first-order chi connectivity index (χ1) is 12.3. The molecule has 1 aromatic heterocycles. The van der Waals surface area contributed by atoms with Crippen LogP contribution < -0.4 is 10.1 Å². The van der Waals surface area contributed by atoms with Gasteiger partial charge in [0.25, 0.3) is 0 Å². The normalized spacial score (nSPS) is 11.1. The Balaban J connectivity index is 1.44. The summed E-state index contributed by atoms with van der Waals surface area (Å²) in [4.78, 5) is 3.36. The van der Waals surface area contributed by atoms with Crippen LogP contribution in [0, 0.1) is 6.92 Å². The Morgan fingerprint density at radius 2 is 1.88 bits per heavy atom. The van der Waals surface area contributed by atoms with E-state index in [2.05, 4.69) is 53.8 Å². The Bertz CT molecular complexity index is 793. The van der Waals surface area contributed by atoms with E-state index < -0.39 is 0 Å². The summed E-state index contributed by atoms with van der Waals surface area (Å²) in [6.07, 6.45) is 3.14. The molecule has 132 valence electrons. The molecule has 4 heteroatoms. The molecule has 0 saturated heterocycles. The van der Waals surface area contributed by atoms with Crippen LogP contribution in [0.2, 0.25) is 0 Å². The van der Waals surface area contributed by atoms with Crippen molar-refractivity contribution in [3.05, 3.63) is 65.4 Å². The molecular weight excluding hydrogens is 312 g/mol. The second-order valence-corrected chi connectivity index (χ2v) is 6.27. The zero-order valence-electron chi connectivity index (χ0n) is 15.0. The summed E-state index contributed by atoms with van der Waals surface area (Å²) in [5, 5.41) is 4.84. The lowest BCUT2D eigenvalue weighted by atomic mass is 10.1. The third kappa shape index (κ3) is 4.84. The van der Waals surface area contributed by atoms with Crippen molar-refractivity contribution in [3.63, 3.8) is 0 Å². The topological polar surface area (TPSA) is 46.3 Å². The molecule has 3 rings (SSSR count). The van der Waals surface area contributed by atoms with Crippen molar-refractivity contribution >= 4 is 10.9 Å². The molecule has 2 aromatic carbocycles. The van der Waals surface area contributed by atoms with Crippen LogP contribution in [0.4, 0.5) is 0 Å². The van der Waals surface area contributed by atoms with Gasteiger partial charge in [0.05, 0.1) is 6.61 Å². The molecule has 0 saturated carbocycles. The first kappa shape index (κ1) is 17.5. The summed E-state index contributed by atoms with van der Waals surface area (Å²) in [5.41, 5.74) is 5.13. The quantitative estimate of drug-likeness (QED) is 0.583. The van der Waals surface area contributed by atoms with Gasteiger partial charge in [-0.05, 0) is 54.8 Å². The lowest BCUT2D eigenvalue weighted by molar-refractivity contribution is 0.146. The van der Waals surface area contributed by atoms with Gasteiger partial charge in [0.1, 0.15) is 12.4 Å². The fourth-order valence-corrected chi connectivity index (χ4v) is 2.91. The van der Waals surface area contributed by atoms with Gasteiger partial charge in [0, 0.05) is 30.8 Å². The predicted molar refractivity (Wildman–Crippen MR) is 102 cm³/mol. The van der Waals surface area contributed by atoms with E-state index in [4.69, 9.17) is 9.47 Å². The number of H-pyrrole nitrogens is 1. The number of aryl methyl sites for hydroxylation is 1. The number of rotatable bonds is 9. The lowest BCUT2D eigenvalue weighted by Gasteiger charge is -2.08. The van der Waals surface area contributed by atoms with E-state index in [0.717, 1.165) is 25.3 Å². The maximum Gasteiger partial charge on any atom is 0.119 e. The number of aromatic amines is 1. The fourth-order valence-electron chi connectivity index (χ4n) is 2.91. The minimum absolute atomic E-state index is 0.582. The summed E-state index contributed by atoms with van der Waals surface area (Å²) in [7, 11) is 1.68. The van der Waals surface area contributed by atoms with Gasteiger partial charge in [-0.3, -0.25) is 0 Å². The standard InChI is InChI=1S/C21H26N2O2/c1-16-3-8-20-18(15-23-21(20)13-16)9-10-22-14-17-4-6-19(7-5-17)25-12-11-24-2/h3-8,13,15,22-23H,9-12,14H2,1-2H3. The van der Waals surface area contributed by atoms with Gasteiger partial charge in [0.2, 0.25) is 0 Å². The first-order valence-corrected chi connectivity index (χ1v) is 8.74. The number of aromatic nitrogens is 1. The van der Waals surface area contributed by atoms with Crippen LogP contribution in [0.3, 0.4) is 0 Å². The van der Waals surface area contributed by atoms with E-state index >= 15 is 0 Å². The molecule has 0 amide bonds. The van der Waals surface area contributed by atoms with Gasteiger partial charge in [0.15, 0.2) is 0 Å². The summed E-state index contributed by atoms with van der Waals surface area (Å²) in [6, 6.07) is 14.8. The fraction of sp³-hybridized carbons (Fsp3) is 0.333. The predicted octanol–water partition coefficient (Wildman–Crippen LogP) is 3.83. The summed E-state index contributed by atoms with van der Waals surface area (Å²) < 4.78 is 10.6. The monoisotopic (exact) mass is 338 g/mol. The van der Waals surface area contributed by atoms with Crippen LogP contribution in [-0.2, 0) is 17.7 Å².